The van der Waals surface area contributed by atoms with E-state index in [1.54, 1.807) is 0 Å². The Labute approximate surface area is 52.2 Å². The predicted octanol–water partition coefficient (Wildman–Crippen LogP) is -2.68. The third-order valence-electron chi connectivity index (χ3n) is 0. The molecule has 0 aromatic rings. The summed E-state index contributed by atoms with van der Waals surface area (Å²) in [4.78, 5) is 0. The third kappa shape index (κ3) is 9.80. The Morgan fingerprint density at radius 2 is 1.25 bits per heavy atom. The van der Waals surface area contributed by atoms with Gasteiger partial charge in [-0.3, -0.25) is 0 Å². The van der Waals surface area contributed by atoms with Crippen LogP contribution in [0.1, 0.15) is 0 Å². The van der Waals surface area contributed by atoms with Gasteiger partial charge in [-0.05, 0) is 0 Å². The topological polar surface area (TPSA) is 0 Å². The van der Waals surface area contributed by atoms with Gasteiger partial charge in [0.25, 0.3) is 0 Å². The molecule has 0 amide bonds. The molecule has 0 heterocycles. The molecule has 20 valence electrons. The van der Waals surface area contributed by atoms with E-state index in [9.17, 15) is 0 Å². The van der Waals surface area contributed by atoms with E-state index >= 15 is 0 Å². The Bertz CT molecular complexity index is 6.00. The van der Waals surface area contributed by atoms with Crippen molar-refractivity contribution in [2.75, 3.05) is 0 Å². The van der Waals surface area contributed by atoms with Gasteiger partial charge in [0.2, 0.25) is 0 Å². The fourth-order valence-corrected chi connectivity index (χ4v) is 0. The Hall–Kier alpha value is 1.47. The molecule has 0 radical (unpaired) electrons. The second-order valence-corrected chi connectivity index (χ2v) is 0. The largest absolute Gasteiger partial charge is 2.00 e. The molecule has 0 aromatic carbocycles. The van der Waals surface area contributed by atoms with Crippen molar-refractivity contribution in [3.05, 3.63) is 0 Å². The maximum Gasteiger partial charge on any atom is 1.00 e. The van der Waals surface area contributed by atoms with Crippen LogP contribution in [-0.4, -0.2) is 0 Å². The van der Waals surface area contributed by atoms with Crippen molar-refractivity contribution in [2.24, 2.45) is 0 Å². The van der Waals surface area contributed by atoms with E-state index in [4.69, 9.17) is 0 Å². The van der Waals surface area contributed by atoms with Gasteiger partial charge in [0.05, 0.1) is 0 Å². The molecule has 1 atom stereocenters. The van der Waals surface area contributed by atoms with Crippen molar-refractivity contribution >= 4 is 33.3 Å². The maximum absolute atomic E-state index is 4.00. The Morgan fingerprint density at radius 3 is 1.25 bits per heavy atom. The number of rotatable bonds is 0. The van der Waals surface area contributed by atoms with E-state index in [0.717, 1.165) is 0 Å². The van der Waals surface area contributed by atoms with E-state index in [1.807, 2.05) is 8.02 Å². The van der Waals surface area contributed by atoms with Crippen LogP contribution < -0.4 is 18.9 Å². The molecule has 0 bridgehead atoms. The summed E-state index contributed by atoms with van der Waals surface area (Å²) >= 11 is 4.00. The molecule has 4 heavy (non-hydrogen) atoms. The van der Waals surface area contributed by atoms with Crippen LogP contribution in [0.2, 0.25) is 0 Å². The molecule has 0 N–H and O–H groups in total. The summed E-state index contributed by atoms with van der Waals surface area (Å²) in [6.07, 6.45) is 0. The van der Waals surface area contributed by atoms with Gasteiger partial charge in [-0.25, -0.2) is 0 Å². The van der Waals surface area contributed by atoms with Gasteiger partial charge in [-0.2, -0.15) is 0 Å². The SMILES string of the molecule is [Li+].[PH2+]=S.[S-2]. The Kier molecular flexibility index (Phi) is 112. The van der Waals surface area contributed by atoms with E-state index in [1.165, 1.54) is 0 Å². The van der Waals surface area contributed by atoms with Crippen molar-refractivity contribution in [3.63, 3.8) is 0 Å². The summed E-state index contributed by atoms with van der Waals surface area (Å²) in [5.74, 6) is 0. The molecule has 0 fully saturated rings. The molecule has 0 aliphatic rings. The zero-order chi connectivity index (χ0) is 2.00. The summed E-state index contributed by atoms with van der Waals surface area (Å²) in [5.41, 5.74) is 0. The van der Waals surface area contributed by atoms with Crippen LogP contribution in [0.5, 0.6) is 0 Å². The van der Waals surface area contributed by atoms with Crippen LogP contribution in [0.15, 0.2) is 0 Å². The van der Waals surface area contributed by atoms with E-state index in [0.29, 0.717) is 0 Å². The summed E-state index contributed by atoms with van der Waals surface area (Å²) in [5, 5.41) is 0. The minimum absolute atomic E-state index is 0. The van der Waals surface area contributed by atoms with Crippen LogP contribution in [0, 0.1) is 0 Å². The predicted molar refractivity (Wildman–Crippen MR) is 24.4 cm³/mol. The molecule has 0 aromatic heterocycles. The minimum atomic E-state index is 0. The first-order valence-electron chi connectivity index (χ1n) is 0.236. The minimum Gasteiger partial charge on any atom is -2.00 e. The number of hydrogen-bond acceptors (Lipinski definition) is 1. The van der Waals surface area contributed by atoms with Gasteiger partial charge >= 0.3 is 18.9 Å². The summed E-state index contributed by atoms with van der Waals surface area (Å²) < 4.78 is 0. The summed E-state index contributed by atoms with van der Waals surface area (Å²) in [7, 11) is 2.00. The second-order valence-electron chi connectivity index (χ2n) is 0. The smallest absolute Gasteiger partial charge is 1.00 e. The van der Waals surface area contributed by atoms with Crippen LogP contribution >= 0.6 is 8.02 Å². The fourth-order valence-electron chi connectivity index (χ4n) is 0. The van der Waals surface area contributed by atoms with Crippen molar-refractivity contribution in [1.82, 2.24) is 0 Å². The average molecular weight is 104 g/mol. The first-order chi connectivity index (χ1) is 1.00. The van der Waals surface area contributed by atoms with Crippen molar-refractivity contribution in [3.8, 4) is 0 Å². The maximum atomic E-state index is 4.00. The first kappa shape index (κ1) is 17.9. The van der Waals surface area contributed by atoms with Crippen molar-refractivity contribution < 1.29 is 18.9 Å². The third-order valence-corrected chi connectivity index (χ3v) is 0. The molecular weight excluding hydrogens is 102 g/mol. The van der Waals surface area contributed by atoms with E-state index in [2.05, 4.69) is 11.8 Å². The number of hydrogen-bond donors (Lipinski definition) is 0. The van der Waals surface area contributed by atoms with E-state index < -0.39 is 0 Å². The van der Waals surface area contributed by atoms with Crippen molar-refractivity contribution in [2.45, 2.75) is 0 Å². The van der Waals surface area contributed by atoms with E-state index in [-0.39, 0.29) is 32.4 Å². The fraction of sp³-hybridized carbons (Fsp3) is 0. The molecule has 4 heteroatoms. The Balaban J connectivity index is -0.00000000500. The standard InChI is InChI=1S/Li.HPS.S/c;1-2;/h;1H;/q+1;;-2/p+1. The van der Waals surface area contributed by atoms with Gasteiger partial charge in [-0.15, -0.1) is 0 Å². The summed E-state index contributed by atoms with van der Waals surface area (Å²) in [6.45, 7) is 0. The molecular formula is H2LiPS2. The van der Waals surface area contributed by atoms with Gasteiger partial charge < -0.3 is 13.5 Å². The zero-order valence-electron chi connectivity index (χ0n) is 2.39. The molecule has 0 nitrogen and oxygen atoms in total. The average Bonchev–Trinajstić information content (AvgIpc) is 1.00. The van der Waals surface area contributed by atoms with Crippen molar-refractivity contribution in [1.29, 1.82) is 0 Å². The van der Waals surface area contributed by atoms with Crippen LogP contribution in [0.25, 0.3) is 0 Å². The quantitative estimate of drug-likeness (QED) is 0.238. The van der Waals surface area contributed by atoms with Crippen LogP contribution in [-0.2, 0) is 25.3 Å². The molecule has 1 unspecified atom stereocenters. The second kappa shape index (κ2) is 24.9. The van der Waals surface area contributed by atoms with Gasteiger partial charge in [0.15, 0.2) is 11.8 Å². The monoisotopic (exact) mass is 104 g/mol. The first-order valence-corrected chi connectivity index (χ1v) is 2.12. The Morgan fingerprint density at radius 1 is 1.25 bits per heavy atom. The van der Waals surface area contributed by atoms with Crippen LogP contribution in [0.3, 0.4) is 0 Å². The molecule has 0 saturated heterocycles. The molecule has 0 aliphatic heterocycles. The molecule has 0 aliphatic carbocycles. The molecule has 0 saturated carbocycles. The van der Waals surface area contributed by atoms with Gasteiger partial charge in [0, 0.05) is 0 Å². The summed E-state index contributed by atoms with van der Waals surface area (Å²) in [6, 6.07) is 0. The van der Waals surface area contributed by atoms with Crippen LogP contribution in [0.4, 0.5) is 0 Å². The van der Waals surface area contributed by atoms with Gasteiger partial charge in [0.1, 0.15) is 8.02 Å². The zero-order valence-corrected chi connectivity index (χ0v) is 5.18. The normalized spacial score (nSPS) is 1.00. The molecule has 0 spiro atoms. The molecule has 0 rings (SSSR count). The van der Waals surface area contributed by atoms with Gasteiger partial charge in [-0.1, -0.05) is 0 Å².